The van der Waals surface area contributed by atoms with E-state index in [1.165, 1.54) is 0 Å². The van der Waals surface area contributed by atoms with Crippen LogP contribution in [0.3, 0.4) is 0 Å². The zero-order valence-corrected chi connectivity index (χ0v) is 17.3. The molecule has 1 aliphatic heterocycles. The molecule has 2 aliphatic rings. The van der Waals surface area contributed by atoms with Crippen LogP contribution in [-0.2, 0) is 24.2 Å². The number of aromatic nitrogens is 1. The molecule has 1 saturated heterocycles. The van der Waals surface area contributed by atoms with Crippen molar-refractivity contribution < 1.29 is 14.7 Å². The molecule has 1 aromatic heterocycles. The minimum Gasteiger partial charge on any atom is -0.396 e. The van der Waals surface area contributed by atoms with Crippen molar-refractivity contribution in [3.8, 4) is 0 Å². The minimum atomic E-state index is -0.0249. The molecule has 0 radical (unpaired) electrons. The highest BCUT2D eigenvalue weighted by atomic mass is 16.3. The Hall–Kier alpha value is -1.62. The molecule has 1 aromatic rings. The second-order valence-corrected chi connectivity index (χ2v) is 9.19. The maximum absolute atomic E-state index is 13.0. The normalized spacial score (nSPS) is 22.0. The molecule has 150 valence electrons. The zero-order chi connectivity index (χ0) is 19.8. The number of fused-ring (bicyclic) bond motifs is 1. The third-order valence-corrected chi connectivity index (χ3v) is 6.23. The van der Waals surface area contributed by atoms with Crippen molar-refractivity contribution in [2.45, 2.75) is 72.8 Å². The van der Waals surface area contributed by atoms with Gasteiger partial charge in [-0.3, -0.25) is 9.59 Å². The van der Waals surface area contributed by atoms with Crippen LogP contribution < -0.4 is 0 Å². The number of hydrogen-bond donors (Lipinski definition) is 1. The van der Waals surface area contributed by atoms with E-state index in [1.807, 2.05) is 4.90 Å². The van der Waals surface area contributed by atoms with Crippen LogP contribution in [-0.4, -0.2) is 46.0 Å². The lowest BCUT2D eigenvalue weighted by Gasteiger charge is -2.32. The Bertz CT molecular complexity index is 732. The van der Waals surface area contributed by atoms with Gasteiger partial charge in [-0.15, -0.1) is 0 Å². The summed E-state index contributed by atoms with van der Waals surface area (Å²) < 4.78 is 2.28. The van der Waals surface area contributed by atoms with Gasteiger partial charge in [0.15, 0.2) is 5.78 Å². The van der Waals surface area contributed by atoms with Gasteiger partial charge in [0.2, 0.25) is 5.91 Å². The first-order chi connectivity index (χ1) is 12.8. The van der Waals surface area contributed by atoms with Gasteiger partial charge in [0.25, 0.3) is 0 Å². The fourth-order valence-electron chi connectivity index (χ4n) is 4.85. The number of likely N-dealkylation sites (tertiary alicyclic amines) is 1. The van der Waals surface area contributed by atoms with Crippen LogP contribution in [0.5, 0.6) is 0 Å². The predicted octanol–water partition coefficient (Wildman–Crippen LogP) is 3.14. The van der Waals surface area contributed by atoms with Crippen LogP contribution in [0.15, 0.2) is 0 Å². The van der Waals surface area contributed by atoms with E-state index in [0.29, 0.717) is 19.4 Å². The van der Waals surface area contributed by atoms with Crippen LogP contribution in [0.1, 0.15) is 73.8 Å². The van der Waals surface area contributed by atoms with Crippen molar-refractivity contribution in [3.63, 3.8) is 0 Å². The van der Waals surface area contributed by atoms with Crippen molar-refractivity contribution in [1.82, 2.24) is 9.47 Å². The molecule has 0 aromatic carbocycles. The summed E-state index contributed by atoms with van der Waals surface area (Å²) in [6.45, 7) is 10.9. The summed E-state index contributed by atoms with van der Waals surface area (Å²) in [4.78, 5) is 27.8. The number of rotatable bonds is 5. The zero-order valence-electron chi connectivity index (χ0n) is 17.3. The van der Waals surface area contributed by atoms with E-state index in [-0.39, 0.29) is 29.6 Å². The van der Waals surface area contributed by atoms with E-state index < -0.39 is 0 Å². The molecule has 1 aliphatic carbocycles. The highest BCUT2D eigenvalue weighted by Crippen LogP contribution is 2.39. The topological polar surface area (TPSA) is 62.5 Å². The molecular weight excluding hydrogens is 340 g/mol. The summed E-state index contributed by atoms with van der Waals surface area (Å²) in [6.07, 6.45) is 4.67. The average molecular weight is 375 g/mol. The number of carbonyl (C=O) groups is 2. The summed E-state index contributed by atoms with van der Waals surface area (Å²) in [5.41, 5.74) is 3.95. The quantitative estimate of drug-likeness (QED) is 0.861. The van der Waals surface area contributed by atoms with Gasteiger partial charge in [-0.2, -0.15) is 0 Å². The standard InChI is InChI=1S/C22H34N2O3/c1-5-8-24-15(2)17(21-18(24)11-22(3,4)12-19(21)26)10-20(27)23-9-6-7-16(13-23)14-25/h16,25H,5-14H2,1-4H3. The van der Waals surface area contributed by atoms with E-state index in [4.69, 9.17) is 0 Å². The van der Waals surface area contributed by atoms with E-state index >= 15 is 0 Å². The number of Topliss-reactive ketones (excluding diaryl/α,β-unsaturated/α-hetero) is 1. The Kier molecular flexibility index (Phi) is 5.80. The van der Waals surface area contributed by atoms with E-state index in [2.05, 4.69) is 32.3 Å². The average Bonchev–Trinajstić information content (AvgIpc) is 2.86. The Balaban J connectivity index is 1.92. The van der Waals surface area contributed by atoms with Crippen molar-refractivity contribution in [2.75, 3.05) is 19.7 Å². The minimum absolute atomic E-state index is 0.0249. The molecule has 1 amide bonds. The number of hydrogen-bond acceptors (Lipinski definition) is 3. The van der Waals surface area contributed by atoms with E-state index in [9.17, 15) is 14.7 Å². The van der Waals surface area contributed by atoms with Gasteiger partial charge in [0, 0.05) is 49.6 Å². The highest BCUT2D eigenvalue weighted by Gasteiger charge is 2.37. The molecule has 27 heavy (non-hydrogen) atoms. The molecule has 0 saturated carbocycles. The Morgan fingerprint density at radius 1 is 1.30 bits per heavy atom. The van der Waals surface area contributed by atoms with Crippen LogP contribution in [0, 0.1) is 18.3 Å². The second-order valence-electron chi connectivity index (χ2n) is 9.19. The summed E-state index contributed by atoms with van der Waals surface area (Å²) in [5, 5.41) is 9.44. The smallest absolute Gasteiger partial charge is 0.227 e. The van der Waals surface area contributed by atoms with Gasteiger partial charge in [-0.05, 0) is 49.5 Å². The van der Waals surface area contributed by atoms with Crippen LogP contribution >= 0.6 is 0 Å². The van der Waals surface area contributed by atoms with Gasteiger partial charge >= 0.3 is 0 Å². The summed E-state index contributed by atoms with van der Waals surface area (Å²) in [5.74, 6) is 0.462. The number of aliphatic hydroxyl groups is 1. The van der Waals surface area contributed by atoms with Crippen molar-refractivity contribution in [1.29, 1.82) is 0 Å². The van der Waals surface area contributed by atoms with Crippen molar-refractivity contribution in [2.24, 2.45) is 11.3 Å². The molecule has 1 fully saturated rings. The number of amides is 1. The van der Waals surface area contributed by atoms with Crippen LogP contribution in [0.4, 0.5) is 0 Å². The second kappa shape index (κ2) is 7.78. The summed E-state index contributed by atoms with van der Waals surface area (Å²) in [7, 11) is 0. The number of carbonyl (C=O) groups excluding carboxylic acids is 2. The molecule has 2 heterocycles. The largest absolute Gasteiger partial charge is 0.396 e. The number of nitrogens with zero attached hydrogens (tertiary/aromatic N) is 2. The van der Waals surface area contributed by atoms with Gasteiger partial charge in [0.1, 0.15) is 0 Å². The molecule has 0 bridgehead atoms. The molecule has 1 unspecified atom stereocenters. The lowest BCUT2D eigenvalue weighted by Crippen LogP contribution is -2.41. The molecule has 5 nitrogen and oxygen atoms in total. The first kappa shape index (κ1) is 20.1. The van der Waals surface area contributed by atoms with Crippen LogP contribution in [0.25, 0.3) is 0 Å². The maximum atomic E-state index is 13.0. The number of ketones is 1. The lowest BCUT2D eigenvalue weighted by atomic mass is 9.75. The fourth-order valence-corrected chi connectivity index (χ4v) is 4.85. The maximum Gasteiger partial charge on any atom is 0.227 e. The van der Waals surface area contributed by atoms with Gasteiger partial charge in [-0.25, -0.2) is 0 Å². The predicted molar refractivity (Wildman–Crippen MR) is 106 cm³/mol. The first-order valence-corrected chi connectivity index (χ1v) is 10.4. The molecule has 1 N–H and O–H groups in total. The number of aliphatic hydroxyl groups excluding tert-OH is 1. The third-order valence-electron chi connectivity index (χ3n) is 6.23. The van der Waals surface area contributed by atoms with Gasteiger partial charge in [-0.1, -0.05) is 20.8 Å². The first-order valence-electron chi connectivity index (χ1n) is 10.4. The molecule has 5 heteroatoms. The number of piperidine rings is 1. The third kappa shape index (κ3) is 3.98. The van der Waals surface area contributed by atoms with Crippen LogP contribution in [0.2, 0.25) is 0 Å². The van der Waals surface area contributed by atoms with Gasteiger partial charge < -0.3 is 14.6 Å². The Morgan fingerprint density at radius 3 is 2.70 bits per heavy atom. The fraction of sp³-hybridized carbons (Fsp3) is 0.727. The Morgan fingerprint density at radius 2 is 2.04 bits per heavy atom. The van der Waals surface area contributed by atoms with Crippen molar-refractivity contribution >= 4 is 11.7 Å². The van der Waals surface area contributed by atoms with E-state index in [0.717, 1.165) is 61.3 Å². The molecule has 1 atom stereocenters. The van der Waals surface area contributed by atoms with Gasteiger partial charge in [0.05, 0.1) is 6.42 Å². The summed E-state index contributed by atoms with van der Waals surface area (Å²) in [6, 6.07) is 0. The SMILES string of the molecule is CCCn1c(C)c(CC(=O)N2CCCC(CO)C2)c2c1CC(C)(C)CC2=O. The summed E-state index contributed by atoms with van der Waals surface area (Å²) >= 11 is 0. The Labute approximate surface area is 162 Å². The molecular formula is C22H34N2O3. The molecule has 3 rings (SSSR count). The monoisotopic (exact) mass is 374 g/mol. The van der Waals surface area contributed by atoms with E-state index in [1.54, 1.807) is 0 Å². The van der Waals surface area contributed by atoms with Crippen molar-refractivity contribution in [3.05, 3.63) is 22.5 Å². The highest BCUT2D eigenvalue weighted by molar-refractivity contribution is 6.01. The lowest BCUT2D eigenvalue weighted by molar-refractivity contribution is -0.132. The molecule has 0 spiro atoms.